The molecule has 4 nitrogen and oxygen atoms in total. The molecular weight excluding hydrogens is 262 g/mol. The molecule has 1 fully saturated rings. The van der Waals surface area contributed by atoms with Crippen molar-refractivity contribution < 1.29 is 4.42 Å². The molecule has 1 aromatic rings. The summed E-state index contributed by atoms with van der Waals surface area (Å²) in [5.74, 6) is 2.18. The average molecular weight is 293 g/mol. The van der Waals surface area contributed by atoms with Crippen LogP contribution in [-0.2, 0) is 13.1 Å². The van der Waals surface area contributed by atoms with Gasteiger partial charge in [0.15, 0.2) is 0 Å². The fraction of sp³-hybridized carbons (Fsp3) is 0.765. The van der Waals surface area contributed by atoms with E-state index in [2.05, 4.69) is 49.1 Å². The van der Waals surface area contributed by atoms with E-state index in [4.69, 9.17) is 4.42 Å². The zero-order valence-electron chi connectivity index (χ0n) is 14.1. The van der Waals surface area contributed by atoms with Crippen molar-refractivity contribution in [2.75, 3.05) is 33.7 Å². The van der Waals surface area contributed by atoms with Crippen molar-refractivity contribution in [3.05, 3.63) is 23.2 Å². The second kappa shape index (κ2) is 7.97. The van der Waals surface area contributed by atoms with Gasteiger partial charge in [-0.25, -0.2) is 0 Å². The maximum Gasteiger partial charge on any atom is 0.118 e. The highest BCUT2D eigenvalue weighted by Crippen LogP contribution is 2.21. The second-order valence-corrected chi connectivity index (χ2v) is 6.53. The Bertz CT molecular complexity index is 424. The topological polar surface area (TPSA) is 31.6 Å². The Balaban J connectivity index is 1.87. The molecule has 120 valence electrons. The third kappa shape index (κ3) is 5.81. The van der Waals surface area contributed by atoms with Crippen LogP contribution in [0.3, 0.4) is 0 Å². The van der Waals surface area contributed by atoms with Gasteiger partial charge >= 0.3 is 0 Å². The van der Waals surface area contributed by atoms with Gasteiger partial charge in [0.1, 0.15) is 11.5 Å². The van der Waals surface area contributed by atoms with Crippen molar-refractivity contribution in [1.29, 1.82) is 0 Å². The lowest BCUT2D eigenvalue weighted by Crippen LogP contribution is -2.31. The van der Waals surface area contributed by atoms with Crippen LogP contribution in [0.5, 0.6) is 0 Å². The molecule has 0 radical (unpaired) electrons. The fourth-order valence-corrected chi connectivity index (χ4v) is 2.53. The Labute approximate surface area is 129 Å². The maximum absolute atomic E-state index is 5.96. The van der Waals surface area contributed by atoms with Crippen molar-refractivity contribution in [3.8, 4) is 0 Å². The van der Waals surface area contributed by atoms with Crippen molar-refractivity contribution in [1.82, 2.24) is 15.1 Å². The van der Waals surface area contributed by atoms with Crippen molar-refractivity contribution in [2.24, 2.45) is 0 Å². The number of hydrogen-bond acceptors (Lipinski definition) is 4. The van der Waals surface area contributed by atoms with Crippen LogP contribution in [-0.4, -0.2) is 49.6 Å². The summed E-state index contributed by atoms with van der Waals surface area (Å²) in [5.41, 5.74) is 1.32. The lowest BCUT2D eigenvalue weighted by atomic mass is 10.2. The van der Waals surface area contributed by atoms with Crippen LogP contribution < -0.4 is 5.32 Å². The molecule has 4 heteroatoms. The third-order valence-electron chi connectivity index (χ3n) is 4.01. The highest BCUT2D eigenvalue weighted by molar-refractivity contribution is 5.21. The van der Waals surface area contributed by atoms with E-state index < -0.39 is 0 Å². The predicted molar refractivity (Wildman–Crippen MR) is 87.4 cm³/mol. The Morgan fingerprint density at radius 1 is 1.24 bits per heavy atom. The number of hydrogen-bond donors (Lipinski definition) is 1. The molecule has 0 unspecified atom stereocenters. The van der Waals surface area contributed by atoms with E-state index >= 15 is 0 Å². The Morgan fingerprint density at radius 3 is 2.62 bits per heavy atom. The SMILES string of the molecule is CCCN(CCN(C)C)Cc1cc(CNC2CC2)c(C)o1. The van der Waals surface area contributed by atoms with Gasteiger partial charge in [-0.3, -0.25) is 4.90 Å². The summed E-state index contributed by atoms with van der Waals surface area (Å²) in [6.07, 6.45) is 3.85. The number of rotatable bonds is 10. The van der Waals surface area contributed by atoms with Crippen molar-refractivity contribution >= 4 is 0 Å². The Hall–Kier alpha value is -0.840. The summed E-state index contributed by atoms with van der Waals surface area (Å²) >= 11 is 0. The largest absolute Gasteiger partial charge is 0.465 e. The molecule has 1 aliphatic carbocycles. The fourth-order valence-electron chi connectivity index (χ4n) is 2.53. The summed E-state index contributed by atoms with van der Waals surface area (Å²) in [7, 11) is 4.26. The summed E-state index contributed by atoms with van der Waals surface area (Å²) in [6.45, 7) is 9.51. The van der Waals surface area contributed by atoms with Crippen LogP contribution in [0.15, 0.2) is 10.5 Å². The Kier molecular flexibility index (Phi) is 6.27. The summed E-state index contributed by atoms with van der Waals surface area (Å²) in [6, 6.07) is 2.99. The van der Waals surface area contributed by atoms with Gasteiger partial charge in [0.25, 0.3) is 0 Å². The number of furan rings is 1. The molecule has 0 aliphatic heterocycles. The van der Waals surface area contributed by atoms with E-state index in [0.717, 1.165) is 50.3 Å². The molecule has 1 aliphatic rings. The smallest absolute Gasteiger partial charge is 0.118 e. The van der Waals surface area contributed by atoms with E-state index in [1.165, 1.54) is 24.8 Å². The van der Waals surface area contributed by atoms with Gasteiger partial charge < -0.3 is 14.6 Å². The normalized spacial score (nSPS) is 15.3. The molecule has 0 aromatic carbocycles. The molecule has 2 rings (SSSR count). The zero-order valence-corrected chi connectivity index (χ0v) is 14.1. The van der Waals surface area contributed by atoms with Crippen molar-refractivity contribution in [2.45, 2.75) is 52.2 Å². The highest BCUT2D eigenvalue weighted by Gasteiger charge is 2.21. The first-order valence-electron chi connectivity index (χ1n) is 8.27. The van der Waals surface area contributed by atoms with E-state index in [-0.39, 0.29) is 0 Å². The van der Waals surface area contributed by atoms with Crippen molar-refractivity contribution in [3.63, 3.8) is 0 Å². The second-order valence-electron chi connectivity index (χ2n) is 6.53. The molecule has 0 bridgehead atoms. The summed E-state index contributed by atoms with van der Waals surface area (Å²) in [4.78, 5) is 4.72. The van der Waals surface area contributed by atoms with Crippen LogP contribution in [0.2, 0.25) is 0 Å². The lowest BCUT2D eigenvalue weighted by Gasteiger charge is -2.22. The lowest BCUT2D eigenvalue weighted by molar-refractivity contribution is 0.217. The standard InChI is InChI=1S/C17H31N3O/c1-5-8-20(10-9-19(3)4)13-17-11-15(14(2)21-17)12-18-16-6-7-16/h11,16,18H,5-10,12-13H2,1-4H3. The first-order chi connectivity index (χ1) is 10.1. The van der Waals surface area contributed by atoms with Crippen LogP contribution in [0.1, 0.15) is 43.3 Å². The van der Waals surface area contributed by atoms with Gasteiger partial charge in [-0.15, -0.1) is 0 Å². The summed E-state index contributed by atoms with van der Waals surface area (Å²) in [5, 5.41) is 3.57. The minimum Gasteiger partial charge on any atom is -0.465 e. The first-order valence-corrected chi connectivity index (χ1v) is 8.27. The minimum absolute atomic E-state index is 0.749. The first kappa shape index (κ1) is 16.5. The number of likely N-dealkylation sites (N-methyl/N-ethyl adjacent to an activating group) is 1. The number of nitrogens with zero attached hydrogens (tertiary/aromatic N) is 2. The molecule has 21 heavy (non-hydrogen) atoms. The molecule has 1 heterocycles. The van der Waals surface area contributed by atoms with Crippen LogP contribution in [0, 0.1) is 6.92 Å². The van der Waals surface area contributed by atoms with Gasteiger partial charge in [-0.05, 0) is 52.9 Å². The monoisotopic (exact) mass is 293 g/mol. The van der Waals surface area contributed by atoms with E-state index in [1.54, 1.807) is 0 Å². The van der Waals surface area contributed by atoms with Crippen LogP contribution >= 0.6 is 0 Å². The molecule has 1 aromatic heterocycles. The third-order valence-corrected chi connectivity index (χ3v) is 4.01. The number of nitrogens with one attached hydrogen (secondary N) is 1. The zero-order chi connectivity index (χ0) is 15.2. The molecule has 0 spiro atoms. The van der Waals surface area contributed by atoms with E-state index in [0.29, 0.717) is 0 Å². The summed E-state index contributed by atoms with van der Waals surface area (Å²) < 4.78 is 5.96. The van der Waals surface area contributed by atoms with Gasteiger partial charge in [-0.1, -0.05) is 6.92 Å². The van der Waals surface area contributed by atoms with Gasteiger partial charge in [0.05, 0.1) is 6.54 Å². The molecule has 0 atom stereocenters. The van der Waals surface area contributed by atoms with Gasteiger partial charge in [0.2, 0.25) is 0 Å². The van der Waals surface area contributed by atoms with Gasteiger partial charge in [-0.2, -0.15) is 0 Å². The highest BCUT2D eigenvalue weighted by atomic mass is 16.3. The molecule has 1 N–H and O–H groups in total. The maximum atomic E-state index is 5.96. The van der Waals surface area contributed by atoms with Crippen LogP contribution in [0.25, 0.3) is 0 Å². The molecular formula is C17H31N3O. The van der Waals surface area contributed by atoms with Crippen LogP contribution in [0.4, 0.5) is 0 Å². The van der Waals surface area contributed by atoms with E-state index in [1.807, 2.05) is 0 Å². The minimum atomic E-state index is 0.749. The molecule has 0 amide bonds. The Morgan fingerprint density at radius 2 is 2.00 bits per heavy atom. The average Bonchev–Trinajstić information content (AvgIpc) is 3.19. The molecule has 1 saturated carbocycles. The quantitative estimate of drug-likeness (QED) is 0.718. The van der Waals surface area contributed by atoms with E-state index in [9.17, 15) is 0 Å². The number of aryl methyl sites for hydroxylation is 1. The predicted octanol–water partition coefficient (Wildman–Crippen LogP) is 2.61. The van der Waals surface area contributed by atoms with Gasteiger partial charge in [0, 0.05) is 31.2 Å². The molecule has 0 saturated heterocycles.